The Bertz CT molecular complexity index is 325. The molecule has 0 saturated carbocycles. The van der Waals surface area contributed by atoms with E-state index in [-0.39, 0.29) is 17.8 Å². The summed E-state index contributed by atoms with van der Waals surface area (Å²) in [5.41, 5.74) is 4.73. The number of amidine groups is 1. The fourth-order valence-corrected chi connectivity index (χ4v) is 2.20. The zero-order chi connectivity index (χ0) is 13.8. The van der Waals surface area contributed by atoms with Crippen LogP contribution in [0.5, 0.6) is 0 Å². The van der Waals surface area contributed by atoms with Crippen LogP contribution >= 0.6 is 0 Å². The van der Waals surface area contributed by atoms with E-state index in [4.69, 9.17) is 15.7 Å². The molecule has 1 fully saturated rings. The van der Waals surface area contributed by atoms with Crippen LogP contribution in [-0.4, -0.2) is 48.2 Å². The van der Waals surface area contributed by atoms with Crippen LogP contribution in [0, 0.1) is 5.41 Å². The zero-order valence-corrected chi connectivity index (χ0v) is 11.3. The predicted molar refractivity (Wildman–Crippen MR) is 68.4 cm³/mol. The second kappa shape index (κ2) is 6.04. The van der Waals surface area contributed by atoms with E-state index in [0.717, 1.165) is 12.8 Å². The second-order valence-electron chi connectivity index (χ2n) is 4.90. The molecule has 104 valence electrons. The number of ether oxygens (including phenoxy) is 1. The number of hydrogen-bond acceptors (Lipinski definition) is 4. The van der Waals surface area contributed by atoms with Gasteiger partial charge in [-0.15, -0.1) is 0 Å². The Morgan fingerprint density at radius 1 is 1.56 bits per heavy atom. The molecule has 0 spiro atoms. The third kappa shape index (κ3) is 2.75. The maximum Gasteiger partial charge on any atom is 0.236 e. The Morgan fingerprint density at radius 3 is 2.50 bits per heavy atom. The van der Waals surface area contributed by atoms with Crippen molar-refractivity contribution in [2.45, 2.75) is 39.2 Å². The van der Waals surface area contributed by atoms with Gasteiger partial charge in [-0.1, -0.05) is 12.1 Å². The van der Waals surface area contributed by atoms with Gasteiger partial charge in [0.25, 0.3) is 0 Å². The van der Waals surface area contributed by atoms with Gasteiger partial charge < -0.3 is 20.6 Å². The minimum atomic E-state index is -0.922. The summed E-state index contributed by atoms with van der Waals surface area (Å²) in [6.45, 7) is 4.89. The number of hydrogen-bond donors (Lipinski definition) is 2. The molecule has 0 aromatic rings. The molecule has 1 heterocycles. The predicted octanol–water partition coefficient (Wildman–Crippen LogP) is 0.787. The molecule has 0 aliphatic carbocycles. The monoisotopic (exact) mass is 257 g/mol. The highest BCUT2D eigenvalue weighted by molar-refractivity contribution is 6.06. The van der Waals surface area contributed by atoms with E-state index in [1.165, 1.54) is 0 Å². The van der Waals surface area contributed by atoms with Crippen LogP contribution < -0.4 is 5.73 Å². The first-order chi connectivity index (χ1) is 8.49. The van der Waals surface area contributed by atoms with Gasteiger partial charge in [-0.2, -0.15) is 0 Å². The van der Waals surface area contributed by atoms with Crippen LogP contribution in [-0.2, 0) is 9.53 Å². The number of amides is 1. The maximum atomic E-state index is 12.5. The Hall–Kier alpha value is -1.30. The lowest BCUT2D eigenvalue weighted by atomic mass is 9.84. The number of methoxy groups -OCH3 is 1. The molecule has 0 aromatic heterocycles. The van der Waals surface area contributed by atoms with Crippen LogP contribution in [0.25, 0.3) is 0 Å². The summed E-state index contributed by atoms with van der Waals surface area (Å²) in [5, 5.41) is 11.8. The highest BCUT2D eigenvalue weighted by Gasteiger charge is 2.40. The van der Waals surface area contributed by atoms with E-state index < -0.39 is 5.41 Å². The number of piperidine rings is 1. The molecule has 0 radical (unpaired) electrons. The van der Waals surface area contributed by atoms with Gasteiger partial charge in [-0.3, -0.25) is 4.79 Å². The van der Waals surface area contributed by atoms with Gasteiger partial charge in [-0.25, -0.2) is 0 Å². The van der Waals surface area contributed by atoms with Gasteiger partial charge in [0.2, 0.25) is 5.91 Å². The van der Waals surface area contributed by atoms with E-state index in [9.17, 15) is 4.79 Å². The summed E-state index contributed by atoms with van der Waals surface area (Å²) in [6.07, 6.45) is 2.40. The molecule has 1 rings (SSSR count). The highest BCUT2D eigenvalue weighted by Crippen LogP contribution is 2.26. The molecule has 1 atom stereocenters. The molecule has 6 nitrogen and oxygen atoms in total. The number of likely N-dealkylation sites (tertiary alicyclic amines) is 1. The minimum Gasteiger partial charge on any atom is -0.409 e. The fraction of sp³-hybridized carbons (Fsp3) is 0.833. The van der Waals surface area contributed by atoms with Crippen molar-refractivity contribution in [3.8, 4) is 0 Å². The highest BCUT2D eigenvalue weighted by atomic mass is 16.5. The number of carbonyl (C=O) groups is 1. The Kier molecular flexibility index (Phi) is 4.95. The van der Waals surface area contributed by atoms with E-state index in [0.29, 0.717) is 19.5 Å². The second-order valence-corrected chi connectivity index (χ2v) is 4.90. The topological polar surface area (TPSA) is 88.2 Å². The van der Waals surface area contributed by atoms with Crippen molar-refractivity contribution in [3.63, 3.8) is 0 Å². The van der Waals surface area contributed by atoms with E-state index in [2.05, 4.69) is 5.16 Å². The first-order valence-electron chi connectivity index (χ1n) is 6.29. The molecule has 1 aliphatic heterocycles. The van der Waals surface area contributed by atoms with Crippen LogP contribution in [0.4, 0.5) is 0 Å². The number of nitrogens with two attached hydrogens (primary N) is 1. The van der Waals surface area contributed by atoms with E-state index in [1.807, 2.05) is 6.92 Å². The van der Waals surface area contributed by atoms with Gasteiger partial charge in [0, 0.05) is 20.2 Å². The number of carbonyl (C=O) groups excluding carboxylic acids is 1. The summed E-state index contributed by atoms with van der Waals surface area (Å²) in [6, 6.07) is 0. The zero-order valence-electron chi connectivity index (χ0n) is 11.3. The number of rotatable bonds is 4. The Balaban J connectivity index is 2.75. The lowest BCUT2D eigenvalue weighted by Crippen LogP contribution is -2.52. The van der Waals surface area contributed by atoms with Gasteiger partial charge in [0.05, 0.1) is 6.10 Å². The minimum absolute atomic E-state index is 0.0242. The standard InChI is InChI=1S/C12H23N3O3/c1-4-12(2,10(13)14-17)11(16)15-7-5-9(18-3)6-8-15/h9,17H,4-8H2,1-3H3,(H2,13,14). The molecule has 3 N–H and O–H groups in total. The fourth-order valence-electron chi connectivity index (χ4n) is 2.20. The normalized spacial score (nSPS) is 21.7. The summed E-state index contributed by atoms with van der Waals surface area (Å²) in [7, 11) is 1.69. The molecule has 1 unspecified atom stereocenters. The summed E-state index contributed by atoms with van der Waals surface area (Å²) < 4.78 is 5.27. The van der Waals surface area contributed by atoms with Crippen molar-refractivity contribution >= 4 is 11.7 Å². The largest absolute Gasteiger partial charge is 0.409 e. The molecule has 6 heteroatoms. The van der Waals surface area contributed by atoms with Crippen LogP contribution in [0.1, 0.15) is 33.1 Å². The van der Waals surface area contributed by atoms with Gasteiger partial charge >= 0.3 is 0 Å². The van der Waals surface area contributed by atoms with Crippen molar-refractivity contribution in [3.05, 3.63) is 0 Å². The lowest BCUT2D eigenvalue weighted by molar-refractivity contribution is -0.140. The molecular formula is C12H23N3O3. The van der Waals surface area contributed by atoms with Crippen molar-refractivity contribution in [1.29, 1.82) is 0 Å². The van der Waals surface area contributed by atoms with Crippen LogP contribution in [0.3, 0.4) is 0 Å². The van der Waals surface area contributed by atoms with Crippen molar-refractivity contribution in [2.75, 3.05) is 20.2 Å². The summed E-state index contributed by atoms with van der Waals surface area (Å²) in [5.74, 6) is -0.0984. The van der Waals surface area contributed by atoms with Gasteiger partial charge in [0.1, 0.15) is 5.41 Å². The smallest absolute Gasteiger partial charge is 0.236 e. The summed E-state index contributed by atoms with van der Waals surface area (Å²) >= 11 is 0. The SMILES string of the molecule is CCC(C)(C(=O)N1CCC(OC)CC1)C(N)=NO. The Morgan fingerprint density at radius 2 is 2.11 bits per heavy atom. The average molecular weight is 257 g/mol. The molecule has 18 heavy (non-hydrogen) atoms. The molecule has 0 aromatic carbocycles. The maximum absolute atomic E-state index is 12.5. The Labute approximate surface area is 108 Å². The third-order valence-corrected chi connectivity index (χ3v) is 3.91. The van der Waals surface area contributed by atoms with Crippen molar-refractivity contribution in [1.82, 2.24) is 4.90 Å². The summed E-state index contributed by atoms with van der Waals surface area (Å²) in [4.78, 5) is 14.2. The molecule has 1 amide bonds. The van der Waals surface area contributed by atoms with Crippen LogP contribution in [0.15, 0.2) is 5.16 Å². The van der Waals surface area contributed by atoms with Gasteiger partial charge in [0.15, 0.2) is 5.84 Å². The van der Waals surface area contributed by atoms with E-state index >= 15 is 0 Å². The molecule has 0 bridgehead atoms. The lowest BCUT2D eigenvalue weighted by Gasteiger charge is -2.37. The number of oxime groups is 1. The third-order valence-electron chi connectivity index (χ3n) is 3.91. The van der Waals surface area contributed by atoms with Crippen molar-refractivity contribution in [2.24, 2.45) is 16.3 Å². The number of nitrogens with zero attached hydrogens (tertiary/aromatic N) is 2. The van der Waals surface area contributed by atoms with Crippen molar-refractivity contribution < 1.29 is 14.7 Å². The molecular weight excluding hydrogens is 234 g/mol. The molecule has 1 aliphatic rings. The average Bonchev–Trinajstić information content (AvgIpc) is 2.44. The first kappa shape index (κ1) is 14.8. The van der Waals surface area contributed by atoms with Crippen LogP contribution in [0.2, 0.25) is 0 Å². The van der Waals surface area contributed by atoms with Gasteiger partial charge in [-0.05, 0) is 26.2 Å². The first-order valence-corrected chi connectivity index (χ1v) is 6.29. The van der Waals surface area contributed by atoms with E-state index in [1.54, 1.807) is 18.9 Å². The molecule has 1 saturated heterocycles. The quantitative estimate of drug-likeness (QED) is 0.337.